The van der Waals surface area contributed by atoms with Gasteiger partial charge in [-0.2, -0.15) is 0 Å². The first-order valence-corrected chi connectivity index (χ1v) is 8.69. The largest absolute Gasteiger partial charge is 0.454 e. The van der Waals surface area contributed by atoms with Gasteiger partial charge in [0.05, 0.1) is 11.4 Å². The van der Waals surface area contributed by atoms with Crippen LogP contribution in [0.15, 0.2) is 36.4 Å². The first kappa shape index (κ1) is 21.4. The predicted octanol–water partition coefficient (Wildman–Crippen LogP) is 3.29. The van der Waals surface area contributed by atoms with Crippen molar-refractivity contribution in [1.29, 1.82) is 0 Å². The zero-order valence-electron chi connectivity index (χ0n) is 16.0. The van der Waals surface area contributed by atoms with Crippen molar-refractivity contribution >= 4 is 35.6 Å². The lowest BCUT2D eigenvalue weighted by Crippen LogP contribution is -2.29. The van der Waals surface area contributed by atoms with Crippen LogP contribution in [0.1, 0.15) is 29.8 Å². The summed E-state index contributed by atoms with van der Waals surface area (Å²) in [4.78, 5) is 26.1. The first-order valence-electron chi connectivity index (χ1n) is 8.69. The molecule has 1 aliphatic rings. The van der Waals surface area contributed by atoms with E-state index in [9.17, 15) is 9.59 Å². The SMILES string of the molecule is CC(C)C(=O)N(C)Cc1ccc(C(=O)Nc2cc3c(cc2N)OCO3)cc1.Cl. The number of halogens is 1. The average Bonchev–Trinajstić information content (AvgIpc) is 3.08. The van der Waals surface area contributed by atoms with Crippen LogP contribution in [-0.2, 0) is 11.3 Å². The van der Waals surface area contributed by atoms with Crippen molar-refractivity contribution in [2.45, 2.75) is 20.4 Å². The second-order valence-electron chi connectivity index (χ2n) is 6.79. The molecule has 1 heterocycles. The molecular formula is C20H24ClN3O4. The van der Waals surface area contributed by atoms with Gasteiger partial charge in [0.2, 0.25) is 12.7 Å². The molecule has 0 unspecified atom stereocenters. The molecule has 1 aliphatic heterocycles. The fourth-order valence-corrected chi connectivity index (χ4v) is 2.81. The number of nitrogens with two attached hydrogens (primary N) is 1. The van der Waals surface area contributed by atoms with Crippen molar-refractivity contribution in [3.8, 4) is 11.5 Å². The summed E-state index contributed by atoms with van der Waals surface area (Å²) >= 11 is 0. The van der Waals surface area contributed by atoms with Crippen molar-refractivity contribution in [2.24, 2.45) is 5.92 Å². The normalized spacial score (nSPS) is 11.7. The number of benzene rings is 2. The van der Waals surface area contributed by atoms with Crippen LogP contribution in [0.25, 0.3) is 0 Å². The summed E-state index contributed by atoms with van der Waals surface area (Å²) in [5, 5.41) is 2.79. The minimum atomic E-state index is -0.279. The number of nitrogens with zero attached hydrogens (tertiary/aromatic N) is 1. The lowest BCUT2D eigenvalue weighted by atomic mass is 10.1. The van der Waals surface area contributed by atoms with E-state index in [0.29, 0.717) is 35.0 Å². The molecule has 7 nitrogen and oxygen atoms in total. The van der Waals surface area contributed by atoms with Gasteiger partial charge in [-0.1, -0.05) is 26.0 Å². The van der Waals surface area contributed by atoms with Crippen molar-refractivity contribution in [3.63, 3.8) is 0 Å². The molecule has 0 saturated heterocycles. The molecule has 2 aromatic rings. The van der Waals surface area contributed by atoms with Crippen LogP contribution in [0.3, 0.4) is 0 Å². The summed E-state index contributed by atoms with van der Waals surface area (Å²) < 4.78 is 10.6. The van der Waals surface area contributed by atoms with E-state index in [1.54, 1.807) is 36.2 Å². The molecule has 0 radical (unpaired) electrons. The molecule has 2 aromatic carbocycles. The van der Waals surface area contributed by atoms with E-state index in [1.165, 1.54) is 0 Å². The van der Waals surface area contributed by atoms with Gasteiger partial charge in [-0.3, -0.25) is 9.59 Å². The second kappa shape index (κ2) is 8.84. The van der Waals surface area contributed by atoms with Crippen LogP contribution in [0.4, 0.5) is 11.4 Å². The van der Waals surface area contributed by atoms with Crippen molar-refractivity contribution in [2.75, 3.05) is 24.9 Å². The Morgan fingerprint density at radius 1 is 1.14 bits per heavy atom. The van der Waals surface area contributed by atoms with Crippen molar-refractivity contribution < 1.29 is 19.1 Å². The summed E-state index contributed by atoms with van der Waals surface area (Å²) in [6.07, 6.45) is 0. The highest BCUT2D eigenvalue weighted by Crippen LogP contribution is 2.38. The van der Waals surface area contributed by atoms with E-state index in [-0.39, 0.29) is 36.9 Å². The molecule has 2 amide bonds. The van der Waals surface area contributed by atoms with Gasteiger partial charge in [0.15, 0.2) is 11.5 Å². The Morgan fingerprint density at radius 2 is 1.75 bits per heavy atom. The quantitative estimate of drug-likeness (QED) is 0.744. The fourth-order valence-electron chi connectivity index (χ4n) is 2.81. The number of hydrogen-bond donors (Lipinski definition) is 2. The molecule has 8 heteroatoms. The van der Waals surface area contributed by atoms with Gasteiger partial charge in [0.1, 0.15) is 0 Å². The van der Waals surface area contributed by atoms with Crippen LogP contribution < -0.4 is 20.5 Å². The molecular weight excluding hydrogens is 382 g/mol. The summed E-state index contributed by atoms with van der Waals surface area (Å²) in [5.41, 5.74) is 8.28. The number of carbonyl (C=O) groups is 2. The molecule has 0 aromatic heterocycles. The fraction of sp³-hybridized carbons (Fsp3) is 0.300. The number of nitrogen functional groups attached to an aromatic ring is 1. The number of hydrogen-bond acceptors (Lipinski definition) is 5. The highest BCUT2D eigenvalue weighted by Gasteiger charge is 2.18. The van der Waals surface area contributed by atoms with E-state index in [2.05, 4.69) is 5.32 Å². The van der Waals surface area contributed by atoms with Crippen LogP contribution in [0.2, 0.25) is 0 Å². The zero-order chi connectivity index (χ0) is 19.6. The van der Waals surface area contributed by atoms with Gasteiger partial charge in [0.25, 0.3) is 5.91 Å². The van der Waals surface area contributed by atoms with Crippen LogP contribution in [-0.4, -0.2) is 30.6 Å². The van der Waals surface area contributed by atoms with Gasteiger partial charge in [-0.25, -0.2) is 0 Å². The first-order chi connectivity index (χ1) is 12.8. The lowest BCUT2D eigenvalue weighted by Gasteiger charge is -2.19. The monoisotopic (exact) mass is 405 g/mol. The van der Waals surface area contributed by atoms with Crippen LogP contribution in [0.5, 0.6) is 11.5 Å². The Hall–Kier alpha value is -2.93. The smallest absolute Gasteiger partial charge is 0.255 e. The maximum atomic E-state index is 12.5. The average molecular weight is 406 g/mol. The van der Waals surface area contributed by atoms with E-state index in [4.69, 9.17) is 15.2 Å². The Kier molecular flexibility index (Phi) is 6.75. The molecule has 3 rings (SSSR count). The van der Waals surface area contributed by atoms with E-state index in [1.807, 2.05) is 26.0 Å². The minimum Gasteiger partial charge on any atom is -0.454 e. The topological polar surface area (TPSA) is 93.9 Å². The van der Waals surface area contributed by atoms with Crippen molar-refractivity contribution in [1.82, 2.24) is 4.90 Å². The molecule has 3 N–H and O–H groups in total. The number of nitrogens with one attached hydrogen (secondary N) is 1. The number of fused-ring (bicyclic) bond motifs is 1. The van der Waals surface area contributed by atoms with Crippen LogP contribution >= 0.6 is 12.4 Å². The Bertz CT molecular complexity index is 868. The zero-order valence-corrected chi connectivity index (χ0v) is 16.8. The Labute approximate surface area is 170 Å². The maximum Gasteiger partial charge on any atom is 0.255 e. The van der Waals surface area contributed by atoms with Crippen molar-refractivity contribution in [3.05, 3.63) is 47.5 Å². The minimum absolute atomic E-state index is 0. The molecule has 150 valence electrons. The number of ether oxygens (including phenoxy) is 2. The summed E-state index contributed by atoms with van der Waals surface area (Å²) in [6, 6.07) is 10.4. The van der Waals surface area contributed by atoms with E-state index in [0.717, 1.165) is 5.56 Å². The van der Waals surface area contributed by atoms with E-state index >= 15 is 0 Å². The predicted molar refractivity (Wildman–Crippen MR) is 110 cm³/mol. The lowest BCUT2D eigenvalue weighted by molar-refractivity contribution is -0.133. The molecule has 0 atom stereocenters. The third kappa shape index (κ3) is 4.67. The third-order valence-corrected chi connectivity index (χ3v) is 4.30. The van der Waals surface area contributed by atoms with Gasteiger partial charge >= 0.3 is 0 Å². The van der Waals surface area contributed by atoms with Crippen LogP contribution in [0, 0.1) is 5.92 Å². The number of amides is 2. The summed E-state index contributed by atoms with van der Waals surface area (Å²) in [6.45, 7) is 4.37. The highest BCUT2D eigenvalue weighted by atomic mass is 35.5. The van der Waals surface area contributed by atoms with Gasteiger partial charge in [0, 0.05) is 37.2 Å². The molecule has 0 bridgehead atoms. The third-order valence-electron chi connectivity index (χ3n) is 4.30. The standard InChI is InChI=1S/C20H23N3O4.ClH/c1-12(2)20(25)23(3)10-13-4-6-14(7-5-13)19(24)22-16-9-18-17(8-15(16)21)26-11-27-18;/h4-9,12H,10-11,21H2,1-3H3,(H,22,24);1H. The highest BCUT2D eigenvalue weighted by molar-refractivity contribution is 6.06. The molecule has 28 heavy (non-hydrogen) atoms. The van der Waals surface area contributed by atoms with Gasteiger partial charge in [-0.05, 0) is 17.7 Å². The summed E-state index contributed by atoms with van der Waals surface area (Å²) in [5.74, 6) is 0.865. The molecule has 0 fully saturated rings. The summed E-state index contributed by atoms with van der Waals surface area (Å²) in [7, 11) is 1.77. The molecule has 0 spiro atoms. The van der Waals surface area contributed by atoms with Gasteiger partial charge in [-0.15, -0.1) is 12.4 Å². The maximum absolute atomic E-state index is 12.5. The van der Waals surface area contributed by atoms with Gasteiger partial charge < -0.3 is 25.4 Å². The number of rotatable bonds is 5. The Morgan fingerprint density at radius 3 is 2.36 bits per heavy atom. The molecule has 0 aliphatic carbocycles. The van der Waals surface area contributed by atoms with E-state index < -0.39 is 0 Å². The second-order valence-corrected chi connectivity index (χ2v) is 6.79. The number of carbonyl (C=O) groups excluding carboxylic acids is 2. The number of anilines is 2. The molecule has 0 saturated carbocycles. The Balaban J connectivity index is 0.00000280.